The van der Waals surface area contributed by atoms with E-state index in [1.807, 2.05) is 25.1 Å². The number of hydrogen-bond donors (Lipinski definition) is 1. The Hall–Kier alpha value is -3.23. The lowest BCUT2D eigenvalue weighted by Crippen LogP contribution is -2.24. The molecule has 9 heteroatoms. The monoisotopic (exact) mass is 454 g/mol. The minimum atomic E-state index is -0.302. The van der Waals surface area contributed by atoms with E-state index in [4.69, 9.17) is 16.3 Å². The maximum atomic E-state index is 12.7. The molecule has 0 unspecified atom stereocenters. The molecule has 0 aliphatic heterocycles. The fourth-order valence-corrected chi connectivity index (χ4v) is 3.99. The Morgan fingerprint density at radius 3 is 2.74 bits per heavy atom. The SMILES string of the molecule is CCCc1nc2s/c(=C\c3ccccc3OCC(=O)Nc3ccc(Cl)cc3)c(=O)n2n1. The van der Waals surface area contributed by atoms with E-state index in [0.717, 1.165) is 12.8 Å². The zero-order valence-corrected chi connectivity index (χ0v) is 18.2. The van der Waals surface area contributed by atoms with Gasteiger partial charge in [-0.15, -0.1) is 5.10 Å². The number of anilines is 1. The summed E-state index contributed by atoms with van der Waals surface area (Å²) in [6.45, 7) is 1.87. The van der Waals surface area contributed by atoms with E-state index in [0.29, 0.717) is 37.3 Å². The van der Waals surface area contributed by atoms with Crippen molar-refractivity contribution in [2.24, 2.45) is 0 Å². The third-order valence-electron chi connectivity index (χ3n) is 4.39. The van der Waals surface area contributed by atoms with Gasteiger partial charge in [-0.05, 0) is 42.8 Å². The standard InChI is InChI=1S/C22H19ClN4O3S/c1-2-5-19-25-22-27(26-19)21(29)18(31-22)12-14-6-3-4-7-17(14)30-13-20(28)24-16-10-8-15(23)9-11-16/h3-4,6-12H,2,5,13H2,1H3,(H,24,28)/b18-12-. The summed E-state index contributed by atoms with van der Waals surface area (Å²) >= 11 is 7.13. The summed E-state index contributed by atoms with van der Waals surface area (Å²) in [6, 6.07) is 14.0. The molecule has 1 N–H and O–H groups in total. The molecule has 0 aliphatic rings. The van der Waals surface area contributed by atoms with Gasteiger partial charge in [0, 0.05) is 22.7 Å². The van der Waals surface area contributed by atoms with E-state index < -0.39 is 0 Å². The van der Waals surface area contributed by atoms with Crippen LogP contribution >= 0.6 is 22.9 Å². The van der Waals surface area contributed by atoms with Crippen LogP contribution in [0.3, 0.4) is 0 Å². The van der Waals surface area contributed by atoms with E-state index in [2.05, 4.69) is 15.4 Å². The van der Waals surface area contributed by atoms with Crippen molar-refractivity contribution in [1.82, 2.24) is 14.6 Å². The van der Waals surface area contributed by atoms with Crippen LogP contribution in [-0.4, -0.2) is 27.1 Å². The average Bonchev–Trinajstić information content (AvgIpc) is 3.28. The molecule has 0 aliphatic carbocycles. The number of aryl methyl sites for hydroxylation is 1. The molecule has 2 heterocycles. The van der Waals surface area contributed by atoms with Crippen molar-refractivity contribution >= 4 is 45.6 Å². The molecular weight excluding hydrogens is 436 g/mol. The second-order valence-electron chi connectivity index (χ2n) is 6.77. The first-order valence-electron chi connectivity index (χ1n) is 9.71. The number of aromatic nitrogens is 3. The van der Waals surface area contributed by atoms with E-state index >= 15 is 0 Å². The molecule has 0 saturated heterocycles. The Labute approximate surface area is 187 Å². The van der Waals surface area contributed by atoms with Crippen LogP contribution in [0.4, 0.5) is 5.69 Å². The molecule has 7 nitrogen and oxygen atoms in total. The first-order valence-corrected chi connectivity index (χ1v) is 10.9. The lowest BCUT2D eigenvalue weighted by molar-refractivity contribution is -0.118. The van der Waals surface area contributed by atoms with Crippen molar-refractivity contribution in [3.05, 3.63) is 79.8 Å². The summed E-state index contributed by atoms with van der Waals surface area (Å²) in [5, 5.41) is 7.62. The number of nitrogens with zero attached hydrogens (tertiary/aromatic N) is 3. The van der Waals surface area contributed by atoms with Crippen molar-refractivity contribution < 1.29 is 9.53 Å². The molecule has 0 saturated carbocycles. The van der Waals surface area contributed by atoms with Gasteiger partial charge in [0.25, 0.3) is 11.5 Å². The lowest BCUT2D eigenvalue weighted by atomic mass is 10.2. The second-order valence-corrected chi connectivity index (χ2v) is 8.22. The van der Waals surface area contributed by atoms with Crippen LogP contribution in [0.1, 0.15) is 24.7 Å². The summed E-state index contributed by atoms with van der Waals surface area (Å²) in [5.41, 5.74) is 1.10. The van der Waals surface area contributed by atoms with Crippen LogP contribution in [0, 0.1) is 0 Å². The number of halogens is 1. The summed E-state index contributed by atoms with van der Waals surface area (Å²) in [4.78, 5) is 29.9. The number of carbonyl (C=O) groups excluding carboxylic acids is 1. The van der Waals surface area contributed by atoms with E-state index in [9.17, 15) is 9.59 Å². The summed E-state index contributed by atoms with van der Waals surface area (Å²) in [6.07, 6.45) is 3.39. The Kier molecular flexibility index (Phi) is 6.29. The summed E-state index contributed by atoms with van der Waals surface area (Å²) in [7, 11) is 0. The minimum Gasteiger partial charge on any atom is -0.483 e. The first-order chi connectivity index (χ1) is 15.0. The van der Waals surface area contributed by atoms with Gasteiger partial charge in [-0.25, -0.2) is 4.98 Å². The van der Waals surface area contributed by atoms with Crippen LogP contribution < -0.4 is 20.1 Å². The number of amides is 1. The number of ether oxygens (including phenoxy) is 1. The number of fused-ring (bicyclic) bond motifs is 1. The van der Waals surface area contributed by atoms with E-state index in [1.54, 1.807) is 36.4 Å². The number of para-hydroxylation sites is 1. The molecule has 31 heavy (non-hydrogen) atoms. The molecule has 1 amide bonds. The van der Waals surface area contributed by atoms with Crippen LogP contribution in [-0.2, 0) is 11.2 Å². The van der Waals surface area contributed by atoms with Crippen molar-refractivity contribution in [1.29, 1.82) is 0 Å². The van der Waals surface area contributed by atoms with Gasteiger partial charge in [-0.3, -0.25) is 9.59 Å². The molecule has 158 valence electrons. The number of thiazole rings is 1. The number of carbonyl (C=O) groups is 1. The molecular formula is C22H19ClN4O3S. The van der Waals surface area contributed by atoms with Gasteiger partial charge in [0.2, 0.25) is 4.96 Å². The number of rotatable bonds is 7. The zero-order valence-electron chi connectivity index (χ0n) is 16.7. The van der Waals surface area contributed by atoms with Crippen LogP contribution in [0.5, 0.6) is 5.75 Å². The zero-order chi connectivity index (χ0) is 21.8. The highest BCUT2D eigenvalue weighted by Gasteiger charge is 2.11. The highest BCUT2D eigenvalue weighted by atomic mass is 35.5. The highest BCUT2D eigenvalue weighted by molar-refractivity contribution is 7.15. The van der Waals surface area contributed by atoms with Crippen LogP contribution in [0.15, 0.2) is 53.3 Å². The minimum absolute atomic E-state index is 0.173. The van der Waals surface area contributed by atoms with Crippen molar-refractivity contribution in [3.8, 4) is 5.75 Å². The van der Waals surface area contributed by atoms with Gasteiger partial charge in [0.15, 0.2) is 12.4 Å². The maximum absolute atomic E-state index is 12.7. The third-order valence-corrected chi connectivity index (χ3v) is 5.60. The van der Waals surface area contributed by atoms with E-state index in [-0.39, 0.29) is 18.1 Å². The second kappa shape index (κ2) is 9.28. The van der Waals surface area contributed by atoms with Crippen molar-refractivity contribution in [3.63, 3.8) is 0 Å². The average molecular weight is 455 g/mol. The first kappa shape index (κ1) is 21.0. The highest BCUT2D eigenvalue weighted by Crippen LogP contribution is 2.19. The van der Waals surface area contributed by atoms with Gasteiger partial charge in [0.05, 0.1) is 4.53 Å². The van der Waals surface area contributed by atoms with Crippen LogP contribution in [0.2, 0.25) is 5.02 Å². The molecule has 0 bridgehead atoms. The summed E-state index contributed by atoms with van der Waals surface area (Å²) < 4.78 is 7.55. The number of benzene rings is 2. The predicted octanol–water partition coefficient (Wildman–Crippen LogP) is 3.32. The van der Waals surface area contributed by atoms with Gasteiger partial charge < -0.3 is 10.1 Å². The predicted molar refractivity (Wildman–Crippen MR) is 122 cm³/mol. The van der Waals surface area contributed by atoms with Gasteiger partial charge >= 0.3 is 0 Å². The Morgan fingerprint density at radius 2 is 2.00 bits per heavy atom. The Balaban J connectivity index is 1.52. The van der Waals surface area contributed by atoms with Gasteiger partial charge in [-0.2, -0.15) is 4.52 Å². The fourth-order valence-electron chi connectivity index (χ4n) is 2.95. The third kappa shape index (κ3) is 4.92. The molecule has 0 spiro atoms. The normalized spacial score (nSPS) is 11.7. The van der Waals surface area contributed by atoms with E-state index in [1.165, 1.54) is 15.9 Å². The molecule has 2 aromatic heterocycles. The molecule has 2 aromatic carbocycles. The molecule has 0 radical (unpaired) electrons. The number of hydrogen-bond acceptors (Lipinski definition) is 6. The smallest absolute Gasteiger partial charge is 0.291 e. The molecule has 0 fully saturated rings. The van der Waals surface area contributed by atoms with Gasteiger partial charge in [-0.1, -0.05) is 48.1 Å². The largest absolute Gasteiger partial charge is 0.483 e. The van der Waals surface area contributed by atoms with Gasteiger partial charge in [0.1, 0.15) is 5.75 Å². The Bertz CT molecular complexity index is 1330. The maximum Gasteiger partial charge on any atom is 0.291 e. The van der Waals surface area contributed by atoms with Crippen LogP contribution in [0.25, 0.3) is 11.0 Å². The quantitative estimate of drug-likeness (QED) is 0.463. The molecule has 0 atom stereocenters. The lowest BCUT2D eigenvalue weighted by Gasteiger charge is -2.09. The molecule has 4 rings (SSSR count). The molecule has 4 aromatic rings. The topological polar surface area (TPSA) is 85.6 Å². The van der Waals surface area contributed by atoms with Crippen molar-refractivity contribution in [2.45, 2.75) is 19.8 Å². The number of nitrogens with one attached hydrogen (secondary N) is 1. The van der Waals surface area contributed by atoms with Crippen molar-refractivity contribution in [2.75, 3.05) is 11.9 Å². The summed E-state index contributed by atoms with van der Waals surface area (Å²) in [5.74, 6) is 0.871. The fraction of sp³-hybridized carbons (Fsp3) is 0.182. The Morgan fingerprint density at radius 1 is 1.23 bits per heavy atom.